The van der Waals surface area contributed by atoms with Gasteiger partial charge in [-0.2, -0.15) is 23.4 Å². The van der Waals surface area contributed by atoms with Crippen LogP contribution >= 0.6 is 11.3 Å². The Hall–Kier alpha value is -3.96. The van der Waals surface area contributed by atoms with E-state index in [0.717, 1.165) is 11.3 Å². The van der Waals surface area contributed by atoms with Gasteiger partial charge in [0.25, 0.3) is 11.2 Å². The molecule has 3 rings (SSSR count). The molecule has 156 valence electrons. The highest BCUT2D eigenvalue weighted by molar-refractivity contribution is 7.22. The molecule has 11 heteroatoms. The Balaban J connectivity index is 1.99. The molecule has 0 radical (unpaired) electrons. The number of nitriles is 1. The lowest BCUT2D eigenvalue weighted by atomic mass is 10.1. The van der Waals surface area contributed by atoms with Gasteiger partial charge in [0.15, 0.2) is 5.13 Å². The standard InChI is InChI=1S/C20H11F3N4O3S/c1-26(7-3-6-12-4-2-5-13(8-12)11-24)19-25-18(28)15-9-14(20(21,22)23)10-16(27(29)30)17(15)31-19/h2,4-5,8-10H,7H2,1H3. The molecule has 7 nitrogen and oxygen atoms in total. The number of anilines is 1. The van der Waals surface area contributed by atoms with Crippen LogP contribution in [0.3, 0.4) is 0 Å². The van der Waals surface area contributed by atoms with Gasteiger partial charge in [-0.25, -0.2) is 0 Å². The summed E-state index contributed by atoms with van der Waals surface area (Å²) in [7, 11) is 1.54. The van der Waals surface area contributed by atoms with Gasteiger partial charge in [0.1, 0.15) is 4.70 Å². The first-order chi connectivity index (χ1) is 14.6. The lowest BCUT2D eigenvalue weighted by molar-refractivity contribution is -0.383. The average molecular weight is 444 g/mol. The molecule has 0 N–H and O–H groups in total. The molecule has 0 aliphatic rings. The minimum absolute atomic E-state index is 0.0698. The van der Waals surface area contributed by atoms with Gasteiger partial charge in [0.2, 0.25) is 0 Å². The molecule has 0 spiro atoms. The summed E-state index contributed by atoms with van der Waals surface area (Å²) in [5.41, 5.74) is -2.06. The Kier molecular flexibility index (Phi) is 5.90. The normalized spacial score (nSPS) is 10.8. The predicted molar refractivity (Wildman–Crippen MR) is 109 cm³/mol. The number of nitrogens with zero attached hydrogens (tertiary/aromatic N) is 4. The van der Waals surface area contributed by atoms with Gasteiger partial charge in [0, 0.05) is 18.7 Å². The van der Waals surface area contributed by atoms with Gasteiger partial charge >= 0.3 is 6.18 Å². The van der Waals surface area contributed by atoms with E-state index < -0.39 is 33.3 Å². The van der Waals surface area contributed by atoms with E-state index in [2.05, 4.69) is 16.8 Å². The second-order valence-electron chi connectivity index (χ2n) is 6.28. The Bertz CT molecular complexity index is 1350. The first kappa shape index (κ1) is 21.7. The SMILES string of the molecule is CN(CC#Cc1cccc(C#N)c1)c1nc(=O)c2cc(C(F)(F)F)cc([N+](=O)[O-])c2s1. The molecule has 0 aliphatic heterocycles. The van der Waals surface area contributed by atoms with Crippen LogP contribution in [0.5, 0.6) is 0 Å². The minimum Gasteiger partial charge on any atom is -0.340 e. The minimum atomic E-state index is -4.84. The van der Waals surface area contributed by atoms with Gasteiger partial charge in [-0.1, -0.05) is 29.2 Å². The van der Waals surface area contributed by atoms with Crippen molar-refractivity contribution < 1.29 is 18.1 Å². The highest BCUT2D eigenvalue weighted by atomic mass is 32.1. The molecule has 0 fully saturated rings. The van der Waals surface area contributed by atoms with E-state index in [1.54, 1.807) is 31.3 Å². The van der Waals surface area contributed by atoms with Crippen LogP contribution in [0.1, 0.15) is 16.7 Å². The number of rotatable bonds is 3. The summed E-state index contributed by atoms with van der Waals surface area (Å²) < 4.78 is 38.9. The molecule has 0 bridgehead atoms. The maximum absolute atomic E-state index is 13.0. The first-order valence-electron chi connectivity index (χ1n) is 8.51. The van der Waals surface area contributed by atoms with Gasteiger partial charge < -0.3 is 4.90 Å². The number of non-ortho nitro benzene ring substituents is 1. The van der Waals surface area contributed by atoms with Crippen LogP contribution in [0, 0.1) is 33.3 Å². The van der Waals surface area contributed by atoms with E-state index in [-0.39, 0.29) is 16.4 Å². The second kappa shape index (κ2) is 8.42. The quantitative estimate of drug-likeness (QED) is 0.345. The van der Waals surface area contributed by atoms with E-state index in [1.165, 1.54) is 4.90 Å². The molecular formula is C20H11F3N4O3S. The van der Waals surface area contributed by atoms with Crippen molar-refractivity contribution in [1.82, 2.24) is 4.98 Å². The topological polar surface area (TPSA) is 100 Å². The number of benzene rings is 2. The maximum atomic E-state index is 13.0. The summed E-state index contributed by atoms with van der Waals surface area (Å²) in [6.45, 7) is 0.0830. The lowest BCUT2D eigenvalue weighted by Gasteiger charge is -2.14. The molecule has 0 saturated heterocycles. The molecule has 3 aromatic rings. The Labute approximate surface area is 177 Å². The van der Waals surface area contributed by atoms with E-state index in [0.29, 0.717) is 23.3 Å². The molecule has 1 aromatic heterocycles. The zero-order valence-corrected chi connectivity index (χ0v) is 16.5. The maximum Gasteiger partial charge on any atom is 0.416 e. The molecule has 0 unspecified atom stereocenters. The molecule has 0 saturated carbocycles. The smallest absolute Gasteiger partial charge is 0.340 e. The highest BCUT2D eigenvalue weighted by Gasteiger charge is 2.34. The fraction of sp³-hybridized carbons (Fsp3) is 0.150. The zero-order valence-electron chi connectivity index (χ0n) is 15.7. The van der Waals surface area contributed by atoms with Crippen LogP contribution < -0.4 is 10.5 Å². The predicted octanol–water partition coefficient (Wildman–Crippen LogP) is 3.94. The number of alkyl halides is 3. The van der Waals surface area contributed by atoms with Gasteiger partial charge in [-0.05, 0) is 24.3 Å². The summed E-state index contributed by atoms with van der Waals surface area (Å²) >= 11 is 0.731. The third-order valence-electron chi connectivity index (χ3n) is 4.08. The number of halogens is 3. The summed E-state index contributed by atoms with van der Waals surface area (Å²) in [4.78, 5) is 27.9. The van der Waals surface area contributed by atoms with Gasteiger partial charge in [-0.3, -0.25) is 14.9 Å². The molecule has 1 heterocycles. The van der Waals surface area contributed by atoms with Crippen molar-refractivity contribution in [1.29, 1.82) is 5.26 Å². The summed E-state index contributed by atoms with van der Waals surface area (Å²) in [5, 5.41) is 19.8. The number of hydrogen-bond donors (Lipinski definition) is 0. The van der Waals surface area contributed by atoms with Crippen LogP contribution in [-0.2, 0) is 6.18 Å². The molecule has 31 heavy (non-hydrogen) atoms. The van der Waals surface area contributed by atoms with Crippen molar-refractivity contribution in [3.63, 3.8) is 0 Å². The molecule has 0 atom stereocenters. The fourth-order valence-corrected chi connectivity index (χ4v) is 3.62. The number of aromatic nitrogens is 1. The summed E-state index contributed by atoms with van der Waals surface area (Å²) in [6.07, 6.45) is -4.84. The van der Waals surface area contributed by atoms with Crippen molar-refractivity contribution in [3.05, 3.63) is 73.6 Å². The number of fused-ring (bicyclic) bond motifs is 1. The van der Waals surface area contributed by atoms with Crippen molar-refractivity contribution >= 4 is 32.2 Å². The third kappa shape index (κ3) is 4.79. The van der Waals surface area contributed by atoms with E-state index >= 15 is 0 Å². The van der Waals surface area contributed by atoms with Crippen LogP contribution in [0.2, 0.25) is 0 Å². The first-order valence-corrected chi connectivity index (χ1v) is 9.32. The van der Waals surface area contributed by atoms with E-state index in [9.17, 15) is 28.1 Å². The van der Waals surface area contributed by atoms with Crippen molar-refractivity contribution in [2.75, 3.05) is 18.5 Å². The van der Waals surface area contributed by atoms with Crippen molar-refractivity contribution in [2.24, 2.45) is 0 Å². The highest BCUT2D eigenvalue weighted by Crippen LogP contribution is 2.38. The molecular weight excluding hydrogens is 433 g/mol. The van der Waals surface area contributed by atoms with E-state index in [1.807, 2.05) is 6.07 Å². The molecule has 0 aliphatic carbocycles. The largest absolute Gasteiger partial charge is 0.416 e. The monoisotopic (exact) mass is 444 g/mol. The Morgan fingerprint density at radius 2 is 1.97 bits per heavy atom. The van der Waals surface area contributed by atoms with Gasteiger partial charge in [-0.15, -0.1) is 0 Å². The van der Waals surface area contributed by atoms with Crippen LogP contribution in [0.15, 0.2) is 41.2 Å². The van der Waals surface area contributed by atoms with E-state index in [4.69, 9.17) is 5.26 Å². The van der Waals surface area contributed by atoms with Crippen LogP contribution in [-0.4, -0.2) is 23.5 Å². The summed E-state index contributed by atoms with van der Waals surface area (Å²) in [6, 6.07) is 9.59. The fourth-order valence-electron chi connectivity index (χ4n) is 2.60. The van der Waals surface area contributed by atoms with Crippen molar-refractivity contribution in [2.45, 2.75) is 6.18 Å². The van der Waals surface area contributed by atoms with Crippen molar-refractivity contribution in [3.8, 4) is 17.9 Å². The third-order valence-corrected chi connectivity index (χ3v) is 5.30. The summed E-state index contributed by atoms with van der Waals surface area (Å²) in [5.74, 6) is 5.68. The number of hydrogen-bond acceptors (Lipinski definition) is 7. The zero-order chi connectivity index (χ0) is 22.8. The molecule has 0 amide bonds. The molecule has 2 aromatic carbocycles. The Morgan fingerprint density at radius 3 is 2.61 bits per heavy atom. The Morgan fingerprint density at radius 1 is 1.26 bits per heavy atom. The van der Waals surface area contributed by atoms with Gasteiger partial charge in [0.05, 0.1) is 34.1 Å². The average Bonchev–Trinajstić information content (AvgIpc) is 2.72. The lowest BCUT2D eigenvalue weighted by Crippen LogP contribution is -2.21. The number of nitro benzene ring substituents is 1. The van der Waals surface area contributed by atoms with Crippen LogP contribution in [0.25, 0.3) is 10.1 Å². The van der Waals surface area contributed by atoms with Crippen LogP contribution in [0.4, 0.5) is 24.0 Å². The number of nitro groups is 1. The second-order valence-corrected chi connectivity index (χ2v) is 7.26.